The summed E-state index contributed by atoms with van der Waals surface area (Å²) in [4.78, 5) is 26.7. The summed E-state index contributed by atoms with van der Waals surface area (Å²) in [5.74, 6) is 0.168. The number of amides is 2. The summed E-state index contributed by atoms with van der Waals surface area (Å²) in [6, 6.07) is 5.41. The van der Waals surface area contributed by atoms with Gasteiger partial charge in [0, 0.05) is 19.1 Å². The van der Waals surface area contributed by atoms with Gasteiger partial charge in [-0.25, -0.2) is 0 Å². The second-order valence-electron chi connectivity index (χ2n) is 6.72. The molecule has 1 aliphatic carbocycles. The first kappa shape index (κ1) is 18.3. The lowest BCUT2D eigenvalue weighted by atomic mass is 9.96. The number of halogens is 2. The van der Waals surface area contributed by atoms with Crippen LogP contribution in [0.2, 0.25) is 10.0 Å². The molecule has 1 saturated heterocycles. The zero-order chi connectivity index (χ0) is 18.0. The Morgan fingerprint density at radius 3 is 2.76 bits per heavy atom. The summed E-state index contributed by atoms with van der Waals surface area (Å²) < 4.78 is 5.70. The molecule has 7 heteroatoms. The van der Waals surface area contributed by atoms with E-state index in [0.717, 1.165) is 25.7 Å². The normalized spacial score (nSPS) is 21.6. The molecule has 1 aliphatic heterocycles. The van der Waals surface area contributed by atoms with Crippen molar-refractivity contribution in [2.75, 3.05) is 13.1 Å². The molecule has 2 atom stereocenters. The first-order chi connectivity index (χ1) is 12.0. The van der Waals surface area contributed by atoms with Gasteiger partial charge in [0.2, 0.25) is 5.91 Å². The predicted octanol–water partition coefficient (Wildman–Crippen LogP) is 3.28. The number of likely N-dealkylation sites (tertiary alicyclic amines) is 1. The lowest BCUT2D eigenvalue weighted by Gasteiger charge is -2.33. The van der Waals surface area contributed by atoms with Crippen LogP contribution in [0.25, 0.3) is 0 Å². The van der Waals surface area contributed by atoms with Gasteiger partial charge in [-0.05, 0) is 44.7 Å². The Balaban J connectivity index is 1.59. The number of hydrogen-bond donors (Lipinski definition) is 1. The number of benzene rings is 1. The van der Waals surface area contributed by atoms with E-state index in [2.05, 4.69) is 5.32 Å². The first-order valence-corrected chi connectivity index (χ1v) is 9.41. The van der Waals surface area contributed by atoms with Crippen LogP contribution in [-0.4, -0.2) is 41.9 Å². The van der Waals surface area contributed by atoms with Gasteiger partial charge < -0.3 is 15.0 Å². The monoisotopic (exact) mass is 384 g/mol. The molecule has 25 heavy (non-hydrogen) atoms. The number of ether oxygens (including phenoxy) is 1. The number of carbonyl (C=O) groups is 2. The summed E-state index contributed by atoms with van der Waals surface area (Å²) in [7, 11) is 0. The van der Waals surface area contributed by atoms with Crippen LogP contribution in [0, 0.1) is 5.92 Å². The van der Waals surface area contributed by atoms with E-state index in [1.165, 1.54) is 0 Å². The Hall–Kier alpha value is -1.46. The molecule has 0 bridgehead atoms. The fourth-order valence-corrected chi connectivity index (χ4v) is 3.35. The predicted molar refractivity (Wildman–Crippen MR) is 97.0 cm³/mol. The molecule has 1 aromatic rings. The van der Waals surface area contributed by atoms with Crippen LogP contribution < -0.4 is 10.1 Å². The van der Waals surface area contributed by atoms with Gasteiger partial charge in [0.1, 0.15) is 10.8 Å². The van der Waals surface area contributed by atoms with Gasteiger partial charge in [0.05, 0.1) is 10.9 Å². The van der Waals surface area contributed by atoms with Crippen LogP contribution in [0.1, 0.15) is 32.6 Å². The molecule has 1 saturated carbocycles. The Kier molecular flexibility index (Phi) is 5.74. The number of hydrogen-bond acceptors (Lipinski definition) is 3. The van der Waals surface area contributed by atoms with Crippen molar-refractivity contribution in [2.24, 2.45) is 5.92 Å². The van der Waals surface area contributed by atoms with Gasteiger partial charge in [0.15, 0.2) is 6.10 Å². The summed E-state index contributed by atoms with van der Waals surface area (Å²) in [6.07, 6.45) is 3.07. The van der Waals surface area contributed by atoms with E-state index in [4.69, 9.17) is 27.9 Å². The van der Waals surface area contributed by atoms with Crippen molar-refractivity contribution in [1.29, 1.82) is 0 Å². The first-order valence-electron chi connectivity index (χ1n) is 8.65. The van der Waals surface area contributed by atoms with E-state index >= 15 is 0 Å². The maximum Gasteiger partial charge on any atom is 0.263 e. The van der Waals surface area contributed by atoms with Crippen LogP contribution >= 0.6 is 23.2 Å². The molecule has 0 spiro atoms. The highest BCUT2D eigenvalue weighted by molar-refractivity contribution is 6.42. The van der Waals surface area contributed by atoms with E-state index in [1.54, 1.807) is 30.0 Å². The van der Waals surface area contributed by atoms with Crippen LogP contribution in [-0.2, 0) is 9.59 Å². The third kappa shape index (κ3) is 4.59. The number of nitrogens with zero attached hydrogens (tertiary/aromatic N) is 1. The van der Waals surface area contributed by atoms with E-state index < -0.39 is 6.10 Å². The molecular weight excluding hydrogens is 363 g/mol. The molecule has 0 radical (unpaired) electrons. The molecule has 2 fully saturated rings. The smallest absolute Gasteiger partial charge is 0.263 e. The molecule has 2 amide bonds. The highest BCUT2D eigenvalue weighted by Gasteiger charge is 2.33. The van der Waals surface area contributed by atoms with Crippen molar-refractivity contribution >= 4 is 35.0 Å². The van der Waals surface area contributed by atoms with Gasteiger partial charge >= 0.3 is 0 Å². The average molecular weight is 385 g/mol. The van der Waals surface area contributed by atoms with Gasteiger partial charge in [-0.1, -0.05) is 29.3 Å². The summed E-state index contributed by atoms with van der Waals surface area (Å²) >= 11 is 12.1. The van der Waals surface area contributed by atoms with E-state index in [-0.39, 0.29) is 17.7 Å². The van der Waals surface area contributed by atoms with Crippen molar-refractivity contribution in [3.63, 3.8) is 0 Å². The van der Waals surface area contributed by atoms with E-state index in [0.29, 0.717) is 34.9 Å². The Morgan fingerprint density at radius 1 is 1.28 bits per heavy atom. The molecule has 2 unspecified atom stereocenters. The minimum absolute atomic E-state index is 0.0615. The molecule has 136 valence electrons. The average Bonchev–Trinajstić information content (AvgIpc) is 3.42. The van der Waals surface area contributed by atoms with Gasteiger partial charge in [-0.2, -0.15) is 0 Å². The number of rotatable bonds is 5. The number of carbonyl (C=O) groups excluding carboxylic acids is 2. The zero-order valence-electron chi connectivity index (χ0n) is 14.1. The van der Waals surface area contributed by atoms with Gasteiger partial charge in [-0.3, -0.25) is 9.59 Å². The molecule has 1 N–H and O–H groups in total. The quantitative estimate of drug-likeness (QED) is 0.847. The highest BCUT2D eigenvalue weighted by Crippen LogP contribution is 2.32. The number of piperidine rings is 1. The molecule has 1 heterocycles. The Bertz CT molecular complexity index is 664. The van der Waals surface area contributed by atoms with Crippen molar-refractivity contribution in [1.82, 2.24) is 10.2 Å². The lowest BCUT2D eigenvalue weighted by Crippen LogP contribution is -2.49. The summed E-state index contributed by atoms with van der Waals surface area (Å²) in [5, 5.41) is 3.70. The summed E-state index contributed by atoms with van der Waals surface area (Å²) in [6.45, 7) is 2.77. The SMILES string of the molecule is CC(Oc1cccc(Cl)c1Cl)C(=O)N1CCCC(C(=O)NC2CC2)C1. The molecule has 2 aliphatic rings. The third-order valence-corrected chi connectivity index (χ3v) is 5.40. The van der Waals surface area contributed by atoms with Crippen LogP contribution in [0.5, 0.6) is 5.75 Å². The van der Waals surface area contributed by atoms with Crippen molar-refractivity contribution < 1.29 is 14.3 Å². The van der Waals surface area contributed by atoms with Crippen molar-refractivity contribution in [2.45, 2.75) is 44.8 Å². The minimum atomic E-state index is -0.693. The molecule has 3 rings (SSSR count). The van der Waals surface area contributed by atoms with Crippen LogP contribution in [0.3, 0.4) is 0 Å². The van der Waals surface area contributed by atoms with E-state index in [9.17, 15) is 9.59 Å². The fourth-order valence-electron chi connectivity index (χ4n) is 3.01. The topological polar surface area (TPSA) is 58.6 Å². The Labute approximate surface area is 157 Å². The largest absolute Gasteiger partial charge is 0.479 e. The standard InChI is InChI=1S/C18H22Cl2N2O3/c1-11(25-15-6-2-5-14(19)16(15)20)18(24)22-9-3-4-12(10-22)17(23)21-13-7-8-13/h2,5-6,11-13H,3-4,7-10H2,1H3,(H,21,23). The van der Waals surface area contributed by atoms with Gasteiger partial charge in [-0.15, -0.1) is 0 Å². The molecule has 0 aromatic heterocycles. The Morgan fingerprint density at radius 2 is 2.04 bits per heavy atom. The van der Waals surface area contributed by atoms with Crippen LogP contribution in [0.15, 0.2) is 18.2 Å². The van der Waals surface area contributed by atoms with E-state index in [1.807, 2.05) is 0 Å². The summed E-state index contributed by atoms with van der Waals surface area (Å²) in [5.41, 5.74) is 0. The maximum atomic E-state index is 12.7. The maximum absolute atomic E-state index is 12.7. The minimum Gasteiger partial charge on any atom is -0.479 e. The second-order valence-corrected chi connectivity index (χ2v) is 7.50. The molecule has 5 nitrogen and oxygen atoms in total. The fraction of sp³-hybridized carbons (Fsp3) is 0.556. The van der Waals surface area contributed by atoms with Crippen molar-refractivity contribution in [3.8, 4) is 5.75 Å². The van der Waals surface area contributed by atoms with Gasteiger partial charge in [0.25, 0.3) is 5.91 Å². The lowest BCUT2D eigenvalue weighted by molar-refractivity contribution is -0.141. The number of nitrogens with one attached hydrogen (secondary N) is 1. The van der Waals surface area contributed by atoms with Crippen LogP contribution in [0.4, 0.5) is 0 Å². The third-order valence-electron chi connectivity index (χ3n) is 4.60. The molecule has 1 aromatic carbocycles. The highest BCUT2D eigenvalue weighted by atomic mass is 35.5. The second kappa shape index (κ2) is 7.83. The van der Waals surface area contributed by atoms with Crippen molar-refractivity contribution in [3.05, 3.63) is 28.2 Å². The molecular formula is C18H22Cl2N2O3. The zero-order valence-corrected chi connectivity index (χ0v) is 15.6.